The monoisotopic (exact) mass is 348 g/mol. The van der Waals surface area contributed by atoms with Gasteiger partial charge in [0.15, 0.2) is 5.76 Å². The number of benzene rings is 1. The summed E-state index contributed by atoms with van der Waals surface area (Å²) in [5.74, 6) is 0.203. The Hall–Kier alpha value is -2.34. The molecule has 6 nitrogen and oxygen atoms in total. The Kier molecular flexibility index (Phi) is 4.85. The quantitative estimate of drug-likeness (QED) is 0.794. The van der Waals surface area contributed by atoms with Crippen molar-refractivity contribution in [1.82, 2.24) is 10.1 Å². The lowest BCUT2D eigenvalue weighted by Crippen LogP contribution is -2.36. The number of hydrogen-bond acceptors (Lipinski definition) is 5. The number of ether oxygens (including phenoxy) is 1. The molecule has 0 saturated carbocycles. The Morgan fingerprint density at radius 2 is 2.04 bits per heavy atom. The fourth-order valence-electron chi connectivity index (χ4n) is 2.72. The summed E-state index contributed by atoms with van der Waals surface area (Å²) in [6.45, 7) is 0.996. The summed E-state index contributed by atoms with van der Waals surface area (Å²) in [6.07, 6.45) is 0.867. The zero-order valence-electron chi connectivity index (χ0n) is 13.3. The fraction of sp³-hybridized carbons (Fsp3) is 0.353. The zero-order chi connectivity index (χ0) is 17.1. The zero-order valence-corrected chi connectivity index (χ0v) is 14.0. The SMILES string of the molecule is COC(=O)CCC(=O)N1CCc2noc(-c3ccc(Cl)cc3)c2C1. The van der Waals surface area contributed by atoms with Crippen molar-refractivity contribution < 1.29 is 18.8 Å². The van der Waals surface area contributed by atoms with E-state index in [4.69, 9.17) is 16.1 Å². The van der Waals surface area contributed by atoms with Gasteiger partial charge in [-0.05, 0) is 24.3 Å². The molecule has 1 aromatic carbocycles. The molecule has 1 aliphatic heterocycles. The van der Waals surface area contributed by atoms with E-state index in [1.54, 1.807) is 17.0 Å². The van der Waals surface area contributed by atoms with Crippen LogP contribution in [0.5, 0.6) is 0 Å². The lowest BCUT2D eigenvalue weighted by Gasteiger charge is -2.26. The van der Waals surface area contributed by atoms with Crippen LogP contribution in [0.4, 0.5) is 0 Å². The molecule has 1 amide bonds. The van der Waals surface area contributed by atoms with Crippen LogP contribution in [0.25, 0.3) is 11.3 Å². The van der Waals surface area contributed by atoms with Crippen molar-refractivity contribution in [2.24, 2.45) is 0 Å². The molecular weight excluding hydrogens is 332 g/mol. The third kappa shape index (κ3) is 3.43. The van der Waals surface area contributed by atoms with E-state index in [0.29, 0.717) is 30.3 Å². The molecule has 0 radical (unpaired) electrons. The first-order valence-corrected chi connectivity index (χ1v) is 8.04. The van der Waals surface area contributed by atoms with Gasteiger partial charge < -0.3 is 14.2 Å². The van der Waals surface area contributed by atoms with Gasteiger partial charge in [0.25, 0.3) is 0 Å². The van der Waals surface area contributed by atoms with E-state index in [2.05, 4.69) is 9.89 Å². The van der Waals surface area contributed by atoms with Crippen LogP contribution in [0.1, 0.15) is 24.1 Å². The van der Waals surface area contributed by atoms with Crippen LogP contribution < -0.4 is 0 Å². The highest BCUT2D eigenvalue weighted by molar-refractivity contribution is 6.30. The number of esters is 1. The Bertz CT molecular complexity index is 754. The van der Waals surface area contributed by atoms with E-state index in [0.717, 1.165) is 16.8 Å². The number of halogens is 1. The van der Waals surface area contributed by atoms with Crippen LogP contribution in [0.15, 0.2) is 28.8 Å². The van der Waals surface area contributed by atoms with Crippen LogP contribution in [0.2, 0.25) is 5.02 Å². The van der Waals surface area contributed by atoms with E-state index < -0.39 is 0 Å². The maximum Gasteiger partial charge on any atom is 0.306 e. The standard InChI is InChI=1S/C17H17ClN2O4/c1-23-16(22)7-6-15(21)20-9-8-14-13(10-20)17(24-19-14)11-2-4-12(18)5-3-11/h2-5H,6-10H2,1H3. The number of methoxy groups -OCH3 is 1. The van der Waals surface area contributed by atoms with Crippen LogP contribution in [-0.4, -0.2) is 35.6 Å². The molecule has 2 aromatic rings. The molecule has 0 aliphatic carbocycles. The van der Waals surface area contributed by atoms with Gasteiger partial charge in [0.1, 0.15) is 0 Å². The van der Waals surface area contributed by atoms with E-state index in [9.17, 15) is 9.59 Å². The Balaban J connectivity index is 1.75. The van der Waals surface area contributed by atoms with Crippen LogP contribution in [0.3, 0.4) is 0 Å². The number of fused-ring (bicyclic) bond motifs is 1. The molecule has 0 N–H and O–H groups in total. The molecule has 2 heterocycles. The van der Waals surface area contributed by atoms with Gasteiger partial charge in [-0.3, -0.25) is 9.59 Å². The maximum absolute atomic E-state index is 12.3. The number of carbonyl (C=O) groups is 2. The minimum atomic E-state index is -0.382. The van der Waals surface area contributed by atoms with Crippen LogP contribution in [0, 0.1) is 0 Å². The van der Waals surface area contributed by atoms with Crippen molar-refractivity contribution in [2.75, 3.05) is 13.7 Å². The number of carbonyl (C=O) groups excluding carboxylic acids is 2. The molecule has 1 aliphatic rings. The van der Waals surface area contributed by atoms with E-state index in [1.807, 2.05) is 12.1 Å². The number of hydrogen-bond donors (Lipinski definition) is 0. The van der Waals surface area contributed by atoms with Gasteiger partial charge in [0, 0.05) is 35.5 Å². The molecule has 0 bridgehead atoms. The van der Waals surface area contributed by atoms with Gasteiger partial charge in [-0.2, -0.15) is 0 Å². The van der Waals surface area contributed by atoms with Gasteiger partial charge in [0.05, 0.1) is 25.8 Å². The first-order valence-electron chi connectivity index (χ1n) is 7.66. The topological polar surface area (TPSA) is 72.6 Å². The molecule has 0 saturated heterocycles. The summed E-state index contributed by atoms with van der Waals surface area (Å²) in [4.78, 5) is 25.2. The fourth-order valence-corrected chi connectivity index (χ4v) is 2.85. The smallest absolute Gasteiger partial charge is 0.306 e. The van der Waals surface area contributed by atoms with E-state index in [1.165, 1.54) is 7.11 Å². The predicted molar refractivity (Wildman–Crippen MR) is 87.3 cm³/mol. The van der Waals surface area contributed by atoms with Crippen molar-refractivity contribution in [1.29, 1.82) is 0 Å². The Labute approximate surface area is 144 Å². The molecule has 7 heteroatoms. The molecule has 3 rings (SSSR count). The molecule has 0 atom stereocenters. The second kappa shape index (κ2) is 7.05. The summed E-state index contributed by atoms with van der Waals surface area (Å²) < 4.78 is 10.1. The average molecular weight is 349 g/mol. The highest BCUT2D eigenvalue weighted by Gasteiger charge is 2.27. The number of amides is 1. The molecular formula is C17H17ClN2O4. The predicted octanol–water partition coefficient (Wildman–Crippen LogP) is 2.83. The molecule has 1 aromatic heterocycles. The van der Waals surface area contributed by atoms with Crippen molar-refractivity contribution >= 4 is 23.5 Å². The summed E-state index contributed by atoms with van der Waals surface area (Å²) >= 11 is 5.92. The molecule has 0 unspecified atom stereocenters. The summed E-state index contributed by atoms with van der Waals surface area (Å²) in [6, 6.07) is 7.30. The first-order chi connectivity index (χ1) is 11.6. The van der Waals surface area contributed by atoms with E-state index >= 15 is 0 Å². The van der Waals surface area contributed by atoms with Crippen LogP contribution in [-0.2, 0) is 27.3 Å². The average Bonchev–Trinajstić information content (AvgIpc) is 3.03. The minimum Gasteiger partial charge on any atom is -0.469 e. The molecule has 0 fully saturated rings. The number of aromatic nitrogens is 1. The van der Waals surface area contributed by atoms with Gasteiger partial charge in [-0.25, -0.2) is 0 Å². The van der Waals surface area contributed by atoms with Crippen molar-refractivity contribution in [3.8, 4) is 11.3 Å². The highest BCUT2D eigenvalue weighted by Crippen LogP contribution is 2.31. The van der Waals surface area contributed by atoms with Crippen molar-refractivity contribution in [2.45, 2.75) is 25.8 Å². The first kappa shape index (κ1) is 16.5. The normalized spacial score (nSPS) is 13.5. The largest absolute Gasteiger partial charge is 0.469 e. The highest BCUT2D eigenvalue weighted by atomic mass is 35.5. The molecule has 126 valence electrons. The molecule has 24 heavy (non-hydrogen) atoms. The third-order valence-electron chi connectivity index (χ3n) is 4.07. The number of rotatable bonds is 4. The van der Waals surface area contributed by atoms with Crippen molar-refractivity contribution in [3.63, 3.8) is 0 Å². The Morgan fingerprint density at radius 1 is 1.29 bits per heavy atom. The number of nitrogens with zero attached hydrogens (tertiary/aromatic N) is 2. The lowest BCUT2D eigenvalue weighted by atomic mass is 10.0. The molecule has 0 spiro atoms. The minimum absolute atomic E-state index is 0.0747. The van der Waals surface area contributed by atoms with Gasteiger partial charge in [-0.15, -0.1) is 0 Å². The van der Waals surface area contributed by atoms with E-state index in [-0.39, 0.29) is 24.7 Å². The Morgan fingerprint density at radius 3 is 2.75 bits per heavy atom. The summed E-state index contributed by atoms with van der Waals surface area (Å²) in [7, 11) is 1.31. The van der Waals surface area contributed by atoms with Gasteiger partial charge in [0.2, 0.25) is 5.91 Å². The van der Waals surface area contributed by atoms with Crippen molar-refractivity contribution in [3.05, 3.63) is 40.5 Å². The van der Waals surface area contributed by atoms with Crippen LogP contribution >= 0.6 is 11.6 Å². The van der Waals surface area contributed by atoms with Gasteiger partial charge in [-0.1, -0.05) is 16.8 Å². The second-order valence-corrected chi connectivity index (χ2v) is 6.02. The third-order valence-corrected chi connectivity index (χ3v) is 4.32. The summed E-state index contributed by atoms with van der Waals surface area (Å²) in [5, 5.41) is 4.76. The van der Waals surface area contributed by atoms with Gasteiger partial charge >= 0.3 is 5.97 Å². The maximum atomic E-state index is 12.3. The summed E-state index contributed by atoms with van der Waals surface area (Å²) in [5.41, 5.74) is 2.66. The second-order valence-electron chi connectivity index (χ2n) is 5.59. The lowest BCUT2D eigenvalue weighted by molar-refractivity contribution is -0.143.